The largest absolute Gasteiger partial charge is 0.491 e. The number of rotatable bonds is 9. The molecular formula is C14H24N2O2. The Hall–Kier alpha value is -1.10. The van der Waals surface area contributed by atoms with Crippen LogP contribution in [-0.4, -0.2) is 56.4 Å². The molecule has 0 radical (unpaired) electrons. The molecule has 1 rings (SSSR count). The van der Waals surface area contributed by atoms with Crippen molar-refractivity contribution in [1.82, 2.24) is 10.2 Å². The summed E-state index contributed by atoms with van der Waals surface area (Å²) in [5, 5.41) is 12.9. The Labute approximate surface area is 110 Å². The molecule has 102 valence electrons. The fourth-order valence-electron chi connectivity index (χ4n) is 1.56. The highest BCUT2D eigenvalue weighted by Crippen LogP contribution is 2.08. The van der Waals surface area contributed by atoms with Crippen LogP contribution in [-0.2, 0) is 0 Å². The highest BCUT2D eigenvalue weighted by Gasteiger charge is 2.04. The minimum Gasteiger partial charge on any atom is -0.491 e. The lowest BCUT2D eigenvalue weighted by atomic mass is 10.3. The zero-order valence-corrected chi connectivity index (χ0v) is 11.3. The fraction of sp³-hybridized carbons (Fsp3) is 0.571. The van der Waals surface area contributed by atoms with Crippen LogP contribution in [0.25, 0.3) is 0 Å². The zero-order chi connectivity index (χ0) is 13.2. The van der Waals surface area contributed by atoms with Crippen LogP contribution in [0.5, 0.6) is 5.75 Å². The van der Waals surface area contributed by atoms with E-state index in [-0.39, 0.29) is 0 Å². The van der Waals surface area contributed by atoms with Gasteiger partial charge in [-0.2, -0.15) is 0 Å². The first-order valence-electron chi connectivity index (χ1n) is 6.40. The Kier molecular flexibility index (Phi) is 7.41. The molecule has 2 N–H and O–H groups in total. The van der Waals surface area contributed by atoms with Gasteiger partial charge in [-0.25, -0.2) is 0 Å². The number of nitrogens with zero attached hydrogens (tertiary/aromatic N) is 1. The lowest BCUT2D eigenvalue weighted by Crippen LogP contribution is -2.32. The summed E-state index contributed by atoms with van der Waals surface area (Å²) in [5.41, 5.74) is 0. The van der Waals surface area contributed by atoms with E-state index < -0.39 is 6.10 Å². The normalized spacial score (nSPS) is 12.7. The van der Waals surface area contributed by atoms with Gasteiger partial charge in [0.15, 0.2) is 0 Å². The molecule has 1 atom stereocenters. The van der Waals surface area contributed by atoms with E-state index in [1.165, 1.54) is 0 Å². The standard InChI is InChI=1S/C14H24N2O2/c1-16(2)10-6-9-15-11-13(17)12-18-14-7-4-3-5-8-14/h3-5,7-8,13,15,17H,6,9-12H2,1-2H3. The van der Waals surface area contributed by atoms with Crippen molar-refractivity contribution in [2.45, 2.75) is 12.5 Å². The second-order valence-corrected chi connectivity index (χ2v) is 4.64. The maximum atomic E-state index is 9.72. The number of nitrogens with one attached hydrogen (secondary N) is 1. The summed E-state index contributed by atoms with van der Waals surface area (Å²) < 4.78 is 5.46. The number of hydrogen-bond acceptors (Lipinski definition) is 4. The Balaban J connectivity index is 2.02. The summed E-state index contributed by atoms with van der Waals surface area (Å²) in [6.45, 7) is 2.87. The van der Waals surface area contributed by atoms with Crippen molar-refractivity contribution in [2.24, 2.45) is 0 Å². The number of hydrogen-bond donors (Lipinski definition) is 2. The third-order valence-corrected chi connectivity index (χ3v) is 2.52. The van der Waals surface area contributed by atoms with Crippen molar-refractivity contribution in [3.63, 3.8) is 0 Å². The van der Waals surface area contributed by atoms with Crippen LogP contribution in [0.4, 0.5) is 0 Å². The molecule has 0 aliphatic carbocycles. The average molecular weight is 252 g/mol. The predicted molar refractivity (Wildman–Crippen MR) is 74.0 cm³/mol. The van der Waals surface area contributed by atoms with Crippen molar-refractivity contribution < 1.29 is 9.84 Å². The molecule has 4 heteroatoms. The second kappa shape index (κ2) is 8.91. The average Bonchev–Trinajstić information content (AvgIpc) is 2.37. The topological polar surface area (TPSA) is 44.7 Å². The molecule has 18 heavy (non-hydrogen) atoms. The molecule has 0 aliphatic heterocycles. The monoisotopic (exact) mass is 252 g/mol. The molecule has 0 amide bonds. The van der Waals surface area contributed by atoms with E-state index in [1.54, 1.807) is 0 Å². The molecule has 0 aromatic heterocycles. The summed E-state index contributed by atoms with van der Waals surface area (Å²) in [5.74, 6) is 0.796. The van der Waals surface area contributed by atoms with Gasteiger partial charge in [0.1, 0.15) is 18.5 Å². The van der Waals surface area contributed by atoms with Crippen LogP contribution >= 0.6 is 0 Å². The first-order chi connectivity index (χ1) is 8.68. The third kappa shape index (κ3) is 7.27. The zero-order valence-electron chi connectivity index (χ0n) is 11.3. The number of para-hydroxylation sites is 1. The molecule has 0 heterocycles. The fourth-order valence-corrected chi connectivity index (χ4v) is 1.56. The first-order valence-corrected chi connectivity index (χ1v) is 6.40. The van der Waals surface area contributed by atoms with Crippen LogP contribution in [0.3, 0.4) is 0 Å². The highest BCUT2D eigenvalue weighted by atomic mass is 16.5. The lowest BCUT2D eigenvalue weighted by molar-refractivity contribution is 0.106. The Morgan fingerprint density at radius 1 is 1.28 bits per heavy atom. The molecule has 0 fully saturated rings. The molecule has 1 unspecified atom stereocenters. The molecular weight excluding hydrogens is 228 g/mol. The maximum Gasteiger partial charge on any atom is 0.119 e. The van der Waals surface area contributed by atoms with E-state index in [2.05, 4.69) is 24.3 Å². The number of ether oxygens (including phenoxy) is 1. The summed E-state index contributed by atoms with van der Waals surface area (Å²) >= 11 is 0. The van der Waals surface area contributed by atoms with Gasteiger partial charge in [-0.3, -0.25) is 0 Å². The SMILES string of the molecule is CN(C)CCCNCC(O)COc1ccccc1. The highest BCUT2D eigenvalue weighted by molar-refractivity contribution is 5.20. The van der Waals surface area contributed by atoms with E-state index in [9.17, 15) is 5.11 Å². The Morgan fingerprint density at radius 2 is 2.00 bits per heavy atom. The van der Waals surface area contributed by atoms with Gasteiger partial charge in [0.25, 0.3) is 0 Å². The van der Waals surface area contributed by atoms with Gasteiger partial charge in [-0.15, -0.1) is 0 Å². The number of aliphatic hydroxyl groups excluding tert-OH is 1. The van der Waals surface area contributed by atoms with Crippen LogP contribution in [0.1, 0.15) is 6.42 Å². The minimum absolute atomic E-state index is 0.324. The minimum atomic E-state index is -0.468. The molecule has 4 nitrogen and oxygen atoms in total. The van der Waals surface area contributed by atoms with E-state index in [4.69, 9.17) is 4.74 Å². The molecule has 0 saturated carbocycles. The van der Waals surface area contributed by atoms with Crippen molar-refractivity contribution in [2.75, 3.05) is 40.3 Å². The van der Waals surface area contributed by atoms with Crippen molar-refractivity contribution >= 4 is 0 Å². The van der Waals surface area contributed by atoms with E-state index in [0.717, 1.165) is 25.3 Å². The van der Waals surface area contributed by atoms with E-state index in [1.807, 2.05) is 30.3 Å². The molecule has 0 aliphatic rings. The van der Waals surface area contributed by atoms with Gasteiger partial charge in [0.2, 0.25) is 0 Å². The van der Waals surface area contributed by atoms with Gasteiger partial charge in [-0.1, -0.05) is 18.2 Å². The quantitative estimate of drug-likeness (QED) is 0.643. The summed E-state index contributed by atoms with van der Waals surface area (Å²) in [4.78, 5) is 2.15. The summed E-state index contributed by atoms with van der Waals surface area (Å²) in [6, 6.07) is 9.55. The first kappa shape index (κ1) is 15.0. The van der Waals surface area contributed by atoms with Crippen LogP contribution in [0.2, 0.25) is 0 Å². The Morgan fingerprint density at radius 3 is 2.67 bits per heavy atom. The molecule has 1 aromatic carbocycles. The summed E-state index contributed by atoms with van der Waals surface area (Å²) in [6.07, 6.45) is 0.615. The van der Waals surface area contributed by atoms with Gasteiger partial charge >= 0.3 is 0 Å². The molecule has 0 bridgehead atoms. The van der Waals surface area contributed by atoms with Crippen LogP contribution in [0.15, 0.2) is 30.3 Å². The van der Waals surface area contributed by atoms with Gasteiger partial charge in [-0.05, 0) is 45.7 Å². The summed E-state index contributed by atoms with van der Waals surface area (Å²) in [7, 11) is 4.12. The molecule has 1 aromatic rings. The van der Waals surface area contributed by atoms with Crippen LogP contribution in [0, 0.1) is 0 Å². The van der Waals surface area contributed by atoms with E-state index in [0.29, 0.717) is 13.2 Å². The van der Waals surface area contributed by atoms with Crippen molar-refractivity contribution in [3.05, 3.63) is 30.3 Å². The smallest absolute Gasteiger partial charge is 0.119 e. The van der Waals surface area contributed by atoms with Gasteiger partial charge in [0, 0.05) is 6.54 Å². The Bertz CT molecular complexity index is 304. The molecule has 0 spiro atoms. The predicted octanol–water partition coefficient (Wildman–Crippen LogP) is 0.968. The van der Waals surface area contributed by atoms with E-state index >= 15 is 0 Å². The number of benzene rings is 1. The van der Waals surface area contributed by atoms with Crippen molar-refractivity contribution in [3.8, 4) is 5.75 Å². The molecule has 0 saturated heterocycles. The number of aliphatic hydroxyl groups is 1. The van der Waals surface area contributed by atoms with Crippen molar-refractivity contribution in [1.29, 1.82) is 0 Å². The van der Waals surface area contributed by atoms with Gasteiger partial charge < -0.3 is 20.1 Å². The third-order valence-electron chi connectivity index (χ3n) is 2.52. The van der Waals surface area contributed by atoms with Crippen LogP contribution < -0.4 is 10.1 Å². The maximum absolute atomic E-state index is 9.72. The second-order valence-electron chi connectivity index (χ2n) is 4.64. The lowest BCUT2D eigenvalue weighted by Gasteiger charge is -2.14. The van der Waals surface area contributed by atoms with Gasteiger partial charge in [0.05, 0.1) is 0 Å².